The topological polar surface area (TPSA) is 64.8 Å². The van der Waals surface area contributed by atoms with Crippen molar-refractivity contribution in [2.45, 2.75) is 0 Å². The largest absolute Gasteiger partial charge is 0.395 e. The van der Waals surface area contributed by atoms with Gasteiger partial charge in [0.25, 0.3) is 0 Å². The summed E-state index contributed by atoms with van der Waals surface area (Å²) in [5, 5.41) is 9.33. The minimum atomic E-state index is 0.222. The molecule has 4 N–H and O–H groups in total. The molecule has 1 aliphatic heterocycles. The molecule has 13 heavy (non-hydrogen) atoms. The van der Waals surface area contributed by atoms with Crippen molar-refractivity contribution in [2.75, 3.05) is 39.3 Å². The fourth-order valence-corrected chi connectivity index (χ4v) is 1.59. The molecule has 0 aromatic rings. The molecule has 0 saturated carbocycles. The molecule has 0 bridgehead atoms. The van der Waals surface area contributed by atoms with E-state index in [1.165, 1.54) is 0 Å². The molecule has 0 unspecified atom stereocenters. The fraction of sp³-hybridized carbons (Fsp3) is 0.857. The fourth-order valence-electron chi connectivity index (χ4n) is 1.41. The number of nitrogens with two attached hydrogens (primary N) is 1. The molecule has 0 atom stereocenters. The first-order chi connectivity index (χ1) is 6.27. The van der Waals surface area contributed by atoms with Crippen molar-refractivity contribution < 1.29 is 5.11 Å². The van der Waals surface area contributed by atoms with Crippen LogP contribution in [0.5, 0.6) is 0 Å². The summed E-state index contributed by atoms with van der Waals surface area (Å²) in [6, 6.07) is 0. The van der Waals surface area contributed by atoms with Crippen molar-refractivity contribution in [1.82, 2.24) is 15.2 Å². The van der Waals surface area contributed by atoms with Gasteiger partial charge in [0.05, 0.1) is 6.61 Å². The van der Waals surface area contributed by atoms with E-state index in [-0.39, 0.29) is 6.61 Å². The van der Waals surface area contributed by atoms with Crippen LogP contribution in [-0.4, -0.2) is 59.3 Å². The molecule has 1 fully saturated rings. The number of aliphatic hydroxyl groups excluding tert-OH is 1. The van der Waals surface area contributed by atoms with Crippen molar-refractivity contribution in [2.24, 2.45) is 5.84 Å². The van der Waals surface area contributed by atoms with Crippen molar-refractivity contribution in [3.8, 4) is 0 Å². The zero-order chi connectivity index (χ0) is 9.68. The van der Waals surface area contributed by atoms with Crippen LogP contribution in [0, 0.1) is 0 Å². The number of hydrogen-bond donors (Lipinski definition) is 3. The lowest BCUT2D eigenvalue weighted by atomic mass is 10.3. The van der Waals surface area contributed by atoms with Crippen LogP contribution in [0.4, 0.5) is 0 Å². The number of nitrogens with one attached hydrogen (secondary N) is 1. The zero-order valence-corrected chi connectivity index (χ0v) is 8.39. The van der Waals surface area contributed by atoms with Crippen LogP contribution in [-0.2, 0) is 0 Å². The highest BCUT2D eigenvalue weighted by Crippen LogP contribution is 2.00. The SMILES string of the molecule is NNC(=S)N1CCN(CCO)CC1. The molecule has 1 rings (SSSR count). The lowest BCUT2D eigenvalue weighted by Crippen LogP contribution is -2.53. The maximum atomic E-state index is 8.73. The van der Waals surface area contributed by atoms with Crippen molar-refractivity contribution in [1.29, 1.82) is 0 Å². The summed E-state index contributed by atoms with van der Waals surface area (Å²) in [6.07, 6.45) is 0. The first-order valence-corrected chi connectivity index (χ1v) is 4.77. The summed E-state index contributed by atoms with van der Waals surface area (Å²) in [5.41, 5.74) is 2.47. The van der Waals surface area contributed by atoms with Gasteiger partial charge in [-0.1, -0.05) is 0 Å². The Morgan fingerprint density at radius 1 is 1.38 bits per heavy atom. The molecule has 5 nitrogen and oxygen atoms in total. The van der Waals surface area contributed by atoms with Crippen LogP contribution in [0.1, 0.15) is 0 Å². The lowest BCUT2D eigenvalue weighted by molar-refractivity contribution is 0.146. The van der Waals surface area contributed by atoms with Gasteiger partial charge in [-0.05, 0) is 12.2 Å². The van der Waals surface area contributed by atoms with Crippen molar-refractivity contribution in [3.63, 3.8) is 0 Å². The molecular formula is C7H16N4OS. The van der Waals surface area contributed by atoms with Crippen molar-refractivity contribution in [3.05, 3.63) is 0 Å². The minimum absolute atomic E-state index is 0.222. The van der Waals surface area contributed by atoms with E-state index in [1.807, 2.05) is 4.90 Å². The third-order valence-electron chi connectivity index (χ3n) is 2.20. The summed E-state index contributed by atoms with van der Waals surface area (Å²) in [5.74, 6) is 5.21. The number of piperazine rings is 1. The van der Waals surface area contributed by atoms with E-state index >= 15 is 0 Å². The van der Waals surface area contributed by atoms with Gasteiger partial charge in [0.15, 0.2) is 5.11 Å². The van der Waals surface area contributed by atoms with E-state index in [9.17, 15) is 0 Å². The molecule has 6 heteroatoms. The summed E-state index contributed by atoms with van der Waals surface area (Å²) in [4.78, 5) is 4.23. The second-order valence-electron chi connectivity index (χ2n) is 3.00. The van der Waals surface area contributed by atoms with Gasteiger partial charge in [-0.15, -0.1) is 0 Å². The summed E-state index contributed by atoms with van der Waals surface area (Å²) in [7, 11) is 0. The number of hydrazine groups is 1. The highest BCUT2D eigenvalue weighted by atomic mass is 32.1. The van der Waals surface area contributed by atoms with Crippen LogP contribution >= 0.6 is 12.2 Å². The van der Waals surface area contributed by atoms with E-state index < -0.39 is 0 Å². The van der Waals surface area contributed by atoms with Gasteiger partial charge in [0.2, 0.25) is 0 Å². The molecule has 76 valence electrons. The second kappa shape index (κ2) is 5.33. The van der Waals surface area contributed by atoms with Gasteiger partial charge in [0.1, 0.15) is 0 Å². The predicted octanol–water partition coefficient (Wildman–Crippen LogP) is -1.66. The number of rotatable bonds is 2. The second-order valence-corrected chi connectivity index (χ2v) is 3.39. The van der Waals surface area contributed by atoms with Crippen molar-refractivity contribution >= 4 is 17.3 Å². The van der Waals surface area contributed by atoms with E-state index in [0.29, 0.717) is 5.11 Å². The van der Waals surface area contributed by atoms with E-state index in [4.69, 9.17) is 23.2 Å². The first-order valence-electron chi connectivity index (χ1n) is 4.36. The molecule has 1 saturated heterocycles. The third-order valence-corrected chi connectivity index (χ3v) is 2.58. The Labute approximate surface area is 83.5 Å². The van der Waals surface area contributed by atoms with Gasteiger partial charge in [-0.25, -0.2) is 5.84 Å². The smallest absolute Gasteiger partial charge is 0.183 e. The average molecular weight is 204 g/mol. The normalized spacial score (nSPS) is 18.8. The van der Waals surface area contributed by atoms with Gasteiger partial charge < -0.3 is 15.4 Å². The quantitative estimate of drug-likeness (QED) is 0.284. The van der Waals surface area contributed by atoms with Gasteiger partial charge in [0, 0.05) is 32.7 Å². The Morgan fingerprint density at radius 3 is 2.46 bits per heavy atom. The Hall–Kier alpha value is -0.430. The van der Waals surface area contributed by atoms with Crippen LogP contribution < -0.4 is 11.3 Å². The Bertz CT molecular complexity index is 170. The van der Waals surface area contributed by atoms with E-state index in [2.05, 4.69) is 10.3 Å². The number of thiocarbonyl (C=S) groups is 1. The molecule has 0 aromatic heterocycles. The maximum absolute atomic E-state index is 8.73. The Kier molecular flexibility index (Phi) is 4.37. The standard InChI is InChI=1S/C7H16N4OS/c8-9-7(13)11-3-1-10(2-4-11)5-6-12/h12H,1-6,8H2,(H,9,13). The maximum Gasteiger partial charge on any atom is 0.183 e. The van der Waals surface area contributed by atoms with Gasteiger partial charge in [-0.2, -0.15) is 0 Å². The molecule has 1 aliphatic rings. The summed E-state index contributed by atoms with van der Waals surface area (Å²) >= 11 is 5.00. The molecular weight excluding hydrogens is 188 g/mol. The van der Waals surface area contributed by atoms with E-state index in [1.54, 1.807) is 0 Å². The number of hydrogen-bond acceptors (Lipinski definition) is 4. The molecule has 0 aromatic carbocycles. The summed E-state index contributed by atoms with van der Waals surface area (Å²) in [6.45, 7) is 4.59. The third kappa shape index (κ3) is 3.07. The predicted molar refractivity (Wildman–Crippen MR) is 55.0 cm³/mol. The molecule has 0 spiro atoms. The first kappa shape index (κ1) is 10.6. The van der Waals surface area contributed by atoms with Crippen LogP contribution in [0.3, 0.4) is 0 Å². The number of nitrogens with zero attached hydrogens (tertiary/aromatic N) is 2. The highest BCUT2D eigenvalue weighted by molar-refractivity contribution is 7.80. The minimum Gasteiger partial charge on any atom is -0.395 e. The van der Waals surface area contributed by atoms with Crippen LogP contribution in [0.25, 0.3) is 0 Å². The number of β-amino-alcohol motifs (C(OH)–C–C–N with tert-alkyl or cyclic N) is 1. The summed E-state index contributed by atoms with van der Waals surface area (Å²) < 4.78 is 0. The monoisotopic (exact) mass is 204 g/mol. The zero-order valence-electron chi connectivity index (χ0n) is 7.57. The Morgan fingerprint density at radius 2 is 2.00 bits per heavy atom. The lowest BCUT2D eigenvalue weighted by Gasteiger charge is -2.35. The molecule has 0 aliphatic carbocycles. The average Bonchev–Trinajstić information content (AvgIpc) is 2.18. The van der Waals surface area contributed by atoms with Gasteiger partial charge >= 0.3 is 0 Å². The van der Waals surface area contributed by atoms with Crippen LogP contribution in [0.2, 0.25) is 0 Å². The number of aliphatic hydroxyl groups is 1. The molecule has 1 heterocycles. The van der Waals surface area contributed by atoms with E-state index in [0.717, 1.165) is 32.7 Å². The molecule has 0 amide bonds. The van der Waals surface area contributed by atoms with Crippen LogP contribution in [0.15, 0.2) is 0 Å². The van der Waals surface area contributed by atoms with Gasteiger partial charge in [-0.3, -0.25) is 4.90 Å². The molecule has 0 radical (unpaired) electrons. The highest BCUT2D eigenvalue weighted by Gasteiger charge is 2.17. The Balaban J connectivity index is 2.26.